The SMILES string of the molecule is COCCc1ccc(O[C@H](C)C(=O)O)cc1. The smallest absolute Gasteiger partial charge is 0.344 e. The van der Waals surface area contributed by atoms with Gasteiger partial charge < -0.3 is 14.6 Å². The molecule has 0 saturated carbocycles. The van der Waals surface area contributed by atoms with Gasteiger partial charge in [-0.05, 0) is 31.0 Å². The number of methoxy groups -OCH3 is 1. The van der Waals surface area contributed by atoms with Gasteiger partial charge in [0.15, 0.2) is 6.10 Å². The third kappa shape index (κ3) is 3.90. The van der Waals surface area contributed by atoms with Gasteiger partial charge >= 0.3 is 5.97 Å². The summed E-state index contributed by atoms with van der Waals surface area (Å²) < 4.78 is 10.2. The van der Waals surface area contributed by atoms with E-state index in [4.69, 9.17) is 14.6 Å². The maximum Gasteiger partial charge on any atom is 0.344 e. The van der Waals surface area contributed by atoms with Gasteiger partial charge in [-0.2, -0.15) is 0 Å². The fourth-order valence-corrected chi connectivity index (χ4v) is 1.21. The predicted octanol–water partition coefficient (Wildman–Crippen LogP) is 1.73. The number of carbonyl (C=O) groups is 1. The lowest BCUT2D eigenvalue weighted by molar-refractivity contribution is -0.144. The van der Waals surface area contributed by atoms with Crippen LogP contribution < -0.4 is 4.74 Å². The molecular formula is C12H16O4. The van der Waals surface area contributed by atoms with Crippen LogP contribution in [0.25, 0.3) is 0 Å². The number of ether oxygens (including phenoxy) is 2. The minimum atomic E-state index is -0.969. The number of rotatable bonds is 6. The van der Waals surface area contributed by atoms with Gasteiger partial charge in [0.05, 0.1) is 6.61 Å². The van der Waals surface area contributed by atoms with Gasteiger partial charge in [0, 0.05) is 7.11 Å². The molecule has 1 aromatic rings. The maximum absolute atomic E-state index is 10.6. The Kier molecular flexibility index (Phi) is 4.79. The molecule has 0 aliphatic heterocycles. The first-order valence-corrected chi connectivity index (χ1v) is 5.11. The number of carboxylic acids is 1. The molecule has 0 aliphatic rings. The molecule has 0 unspecified atom stereocenters. The molecule has 0 bridgehead atoms. The van der Waals surface area contributed by atoms with Crippen LogP contribution in [0.1, 0.15) is 12.5 Å². The molecule has 4 nitrogen and oxygen atoms in total. The molecule has 0 aromatic heterocycles. The second kappa shape index (κ2) is 6.12. The van der Waals surface area contributed by atoms with E-state index in [1.807, 2.05) is 12.1 Å². The fraction of sp³-hybridized carbons (Fsp3) is 0.417. The minimum absolute atomic E-state index is 0.566. The Balaban J connectivity index is 2.54. The third-order valence-corrected chi connectivity index (χ3v) is 2.18. The van der Waals surface area contributed by atoms with Crippen molar-refractivity contribution in [2.24, 2.45) is 0 Å². The van der Waals surface area contributed by atoms with E-state index in [1.54, 1.807) is 19.2 Å². The van der Waals surface area contributed by atoms with Crippen molar-refractivity contribution in [2.75, 3.05) is 13.7 Å². The molecule has 4 heteroatoms. The Bertz CT molecular complexity index is 331. The largest absolute Gasteiger partial charge is 0.479 e. The molecule has 0 heterocycles. The highest BCUT2D eigenvalue weighted by atomic mass is 16.5. The van der Waals surface area contributed by atoms with Crippen LogP contribution in [0.3, 0.4) is 0 Å². The van der Waals surface area contributed by atoms with E-state index in [0.29, 0.717) is 12.4 Å². The molecule has 1 atom stereocenters. The molecule has 0 aliphatic carbocycles. The molecular weight excluding hydrogens is 208 g/mol. The van der Waals surface area contributed by atoms with Crippen LogP contribution in [0.5, 0.6) is 5.75 Å². The molecule has 1 N–H and O–H groups in total. The number of hydrogen-bond donors (Lipinski definition) is 1. The third-order valence-electron chi connectivity index (χ3n) is 2.18. The van der Waals surface area contributed by atoms with E-state index >= 15 is 0 Å². The van der Waals surface area contributed by atoms with Gasteiger partial charge in [-0.15, -0.1) is 0 Å². The summed E-state index contributed by atoms with van der Waals surface area (Å²) >= 11 is 0. The molecule has 88 valence electrons. The van der Waals surface area contributed by atoms with Crippen molar-refractivity contribution in [1.82, 2.24) is 0 Å². The van der Waals surface area contributed by atoms with Crippen LogP contribution in [-0.2, 0) is 16.0 Å². The summed E-state index contributed by atoms with van der Waals surface area (Å²) in [4.78, 5) is 10.6. The van der Waals surface area contributed by atoms with Gasteiger partial charge in [-0.25, -0.2) is 4.79 Å². The second-order valence-electron chi connectivity index (χ2n) is 3.49. The standard InChI is InChI=1S/C12H16O4/c1-9(12(13)14)16-11-5-3-10(4-6-11)7-8-15-2/h3-6,9H,7-8H2,1-2H3,(H,13,14)/t9-/m1/s1. The zero-order valence-electron chi connectivity index (χ0n) is 9.47. The first-order chi connectivity index (χ1) is 7.63. The highest BCUT2D eigenvalue weighted by molar-refractivity contribution is 5.72. The van der Waals surface area contributed by atoms with Crippen LogP contribution in [0.15, 0.2) is 24.3 Å². The average molecular weight is 224 g/mol. The molecule has 0 spiro atoms. The zero-order valence-corrected chi connectivity index (χ0v) is 9.47. The summed E-state index contributed by atoms with van der Waals surface area (Å²) in [5.41, 5.74) is 1.14. The lowest BCUT2D eigenvalue weighted by Gasteiger charge is -2.10. The number of carboxylic acid groups (broad SMARTS) is 1. The average Bonchev–Trinajstić information content (AvgIpc) is 2.28. The molecule has 0 saturated heterocycles. The van der Waals surface area contributed by atoms with Crippen molar-refractivity contribution in [3.8, 4) is 5.75 Å². The van der Waals surface area contributed by atoms with Crippen molar-refractivity contribution in [3.05, 3.63) is 29.8 Å². The van der Waals surface area contributed by atoms with Crippen molar-refractivity contribution in [2.45, 2.75) is 19.4 Å². The van der Waals surface area contributed by atoms with Crippen molar-refractivity contribution in [1.29, 1.82) is 0 Å². The highest BCUT2D eigenvalue weighted by Gasteiger charge is 2.11. The summed E-state index contributed by atoms with van der Waals surface area (Å²) in [5.74, 6) is -0.403. The Labute approximate surface area is 94.8 Å². The van der Waals surface area contributed by atoms with E-state index in [0.717, 1.165) is 12.0 Å². The molecule has 1 aromatic carbocycles. The van der Waals surface area contributed by atoms with E-state index in [2.05, 4.69) is 0 Å². The number of hydrogen-bond acceptors (Lipinski definition) is 3. The molecule has 0 amide bonds. The molecule has 0 fully saturated rings. The van der Waals surface area contributed by atoms with Crippen LogP contribution in [0, 0.1) is 0 Å². The first-order valence-electron chi connectivity index (χ1n) is 5.11. The zero-order chi connectivity index (χ0) is 12.0. The normalized spacial score (nSPS) is 12.1. The van der Waals surface area contributed by atoms with Gasteiger partial charge in [0.2, 0.25) is 0 Å². The number of aliphatic carboxylic acids is 1. The summed E-state index contributed by atoms with van der Waals surface area (Å²) in [7, 11) is 1.66. The van der Waals surface area contributed by atoms with Crippen molar-refractivity contribution >= 4 is 5.97 Å². The molecule has 0 radical (unpaired) electrons. The Morgan fingerprint density at radius 3 is 2.50 bits per heavy atom. The molecule has 16 heavy (non-hydrogen) atoms. The van der Waals surface area contributed by atoms with Gasteiger partial charge in [-0.1, -0.05) is 12.1 Å². The topological polar surface area (TPSA) is 55.8 Å². The fourth-order valence-electron chi connectivity index (χ4n) is 1.21. The Morgan fingerprint density at radius 2 is 2.00 bits per heavy atom. The Hall–Kier alpha value is -1.55. The van der Waals surface area contributed by atoms with Crippen molar-refractivity contribution in [3.63, 3.8) is 0 Å². The van der Waals surface area contributed by atoms with Crippen LogP contribution >= 0.6 is 0 Å². The van der Waals surface area contributed by atoms with Crippen LogP contribution in [0.2, 0.25) is 0 Å². The van der Waals surface area contributed by atoms with Crippen molar-refractivity contribution < 1.29 is 19.4 Å². The van der Waals surface area contributed by atoms with E-state index < -0.39 is 12.1 Å². The van der Waals surface area contributed by atoms with Gasteiger partial charge in [-0.3, -0.25) is 0 Å². The van der Waals surface area contributed by atoms with Gasteiger partial charge in [0.1, 0.15) is 5.75 Å². The first kappa shape index (κ1) is 12.5. The Morgan fingerprint density at radius 1 is 1.38 bits per heavy atom. The maximum atomic E-state index is 10.6. The summed E-state index contributed by atoms with van der Waals surface area (Å²) in [6.45, 7) is 2.17. The summed E-state index contributed by atoms with van der Waals surface area (Å²) in [5, 5.41) is 8.67. The summed E-state index contributed by atoms with van der Waals surface area (Å²) in [6.07, 6.45) is 0.00969. The predicted molar refractivity (Wildman–Crippen MR) is 59.7 cm³/mol. The van der Waals surface area contributed by atoms with E-state index in [-0.39, 0.29) is 0 Å². The quantitative estimate of drug-likeness (QED) is 0.799. The monoisotopic (exact) mass is 224 g/mol. The van der Waals surface area contributed by atoms with E-state index in [9.17, 15) is 4.79 Å². The lowest BCUT2D eigenvalue weighted by Crippen LogP contribution is -2.22. The van der Waals surface area contributed by atoms with Crippen LogP contribution in [0.4, 0.5) is 0 Å². The minimum Gasteiger partial charge on any atom is -0.479 e. The van der Waals surface area contributed by atoms with Crippen LogP contribution in [-0.4, -0.2) is 30.9 Å². The number of benzene rings is 1. The van der Waals surface area contributed by atoms with E-state index in [1.165, 1.54) is 6.92 Å². The highest BCUT2D eigenvalue weighted by Crippen LogP contribution is 2.14. The molecule has 1 rings (SSSR count). The van der Waals surface area contributed by atoms with Gasteiger partial charge in [0.25, 0.3) is 0 Å². The summed E-state index contributed by atoms with van der Waals surface area (Å²) in [6, 6.07) is 7.35. The lowest BCUT2D eigenvalue weighted by atomic mass is 10.1. The second-order valence-corrected chi connectivity index (χ2v) is 3.49.